The minimum atomic E-state index is -0.878. The van der Waals surface area contributed by atoms with Gasteiger partial charge in [-0.1, -0.05) is 12.1 Å². The number of aliphatic carboxylic acids is 1. The highest BCUT2D eigenvalue weighted by atomic mass is 16.4. The predicted molar refractivity (Wildman–Crippen MR) is 102 cm³/mol. The molecule has 1 aliphatic rings. The number of aromatic nitrogens is 2. The largest absolute Gasteiger partial charge is 0.481 e. The lowest BCUT2D eigenvalue weighted by atomic mass is 9.98. The summed E-state index contributed by atoms with van der Waals surface area (Å²) in [5.41, 5.74) is 1.52. The molecule has 2 heterocycles. The molecular weight excluding hydrogens is 360 g/mol. The van der Waals surface area contributed by atoms with E-state index in [2.05, 4.69) is 5.10 Å². The number of piperidine rings is 1. The molecular formula is C20H24N4O4. The second-order valence-corrected chi connectivity index (χ2v) is 7.08. The van der Waals surface area contributed by atoms with E-state index >= 15 is 0 Å². The lowest BCUT2D eigenvalue weighted by Crippen LogP contribution is -2.46. The van der Waals surface area contributed by atoms with E-state index in [-0.39, 0.29) is 24.9 Å². The van der Waals surface area contributed by atoms with Crippen molar-refractivity contribution >= 4 is 17.8 Å². The normalized spacial score (nSPS) is 16.6. The first-order chi connectivity index (χ1) is 13.4. The van der Waals surface area contributed by atoms with Crippen LogP contribution in [0.2, 0.25) is 0 Å². The van der Waals surface area contributed by atoms with Gasteiger partial charge in [0.05, 0.1) is 19.0 Å². The van der Waals surface area contributed by atoms with Crippen LogP contribution >= 0.6 is 0 Å². The fourth-order valence-electron chi connectivity index (χ4n) is 3.33. The van der Waals surface area contributed by atoms with E-state index in [4.69, 9.17) is 5.11 Å². The summed E-state index contributed by atoms with van der Waals surface area (Å²) in [5, 5.41) is 13.3. The zero-order valence-electron chi connectivity index (χ0n) is 15.8. The Kier molecular flexibility index (Phi) is 6.08. The van der Waals surface area contributed by atoms with Crippen LogP contribution in [0, 0.1) is 5.92 Å². The summed E-state index contributed by atoms with van der Waals surface area (Å²) in [5.74, 6) is -1.87. The van der Waals surface area contributed by atoms with E-state index in [1.165, 1.54) is 4.90 Å². The number of hydrogen-bond donors (Lipinski definition) is 1. The van der Waals surface area contributed by atoms with E-state index in [9.17, 15) is 14.4 Å². The Morgan fingerprint density at radius 3 is 2.64 bits per heavy atom. The quantitative estimate of drug-likeness (QED) is 0.811. The Balaban J connectivity index is 1.56. The molecule has 1 fully saturated rings. The van der Waals surface area contributed by atoms with Crippen molar-refractivity contribution in [1.29, 1.82) is 0 Å². The molecule has 1 N–H and O–H groups in total. The van der Waals surface area contributed by atoms with E-state index in [1.54, 1.807) is 35.0 Å². The molecule has 2 amide bonds. The van der Waals surface area contributed by atoms with Crippen molar-refractivity contribution in [3.8, 4) is 0 Å². The number of carboxylic acids is 1. The minimum Gasteiger partial charge on any atom is -0.481 e. The molecule has 28 heavy (non-hydrogen) atoms. The van der Waals surface area contributed by atoms with Crippen molar-refractivity contribution in [1.82, 2.24) is 19.6 Å². The monoisotopic (exact) mass is 384 g/mol. The van der Waals surface area contributed by atoms with Crippen LogP contribution in [0.1, 0.15) is 28.8 Å². The third-order valence-electron chi connectivity index (χ3n) is 4.95. The zero-order valence-corrected chi connectivity index (χ0v) is 15.8. The summed E-state index contributed by atoms with van der Waals surface area (Å²) in [6.45, 7) is 1.29. The molecule has 0 radical (unpaired) electrons. The molecule has 1 atom stereocenters. The average molecular weight is 384 g/mol. The van der Waals surface area contributed by atoms with Gasteiger partial charge < -0.3 is 14.9 Å². The number of benzene rings is 1. The fourth-order valence-corrected chi connectivity index (χ4v) is 3.33. The van der Waals surface area contributed by atoms with E-state index in [0.717, 1.165) is 5.56 Å². The standard InChI is InChI=1S/C20H24N4O4/c1-22(14-18(25)23-10-2-4-17(13-23)20(27)28)19(26)16-7-5-15(6-8-16)12-24-11-3-9-21-24/h3,5-9,11,17H,2,4,10,12-14H2,1H3,(H,27,28). The molecule has 0 saturated carbocycles. The Morgan fingerprint density at radius 2 is 2.00 bits per heavy atom. The molecule has 2 aromatic rings. The number of rotatable bonds is 6. The SMILES string of the molecule is CN(CC(=O)N1CCCC(C(=O)O)C1)C(=O)c1ccc(Cn2cccn2)cc1. The van der Waals surface area contributed by atoms with Crippen molar-refractivity contribution in [2.75, 3.05) is 26.7 Å². The average Bonchev–Trinajstić information content (AvgIpc) is 3.21. The van der Waals surface area contributed by atoms with Crippen molar-refractivity contribution in [2.24, 2.45) is 5.92 Å². The molecule has 1 saturated heterocycles. The highest BCUT2D eigenvalue weighted by Gasteiger charge is 2.29. The Bertz CT molecular complexity index is 832. The molecule has 1 aromatic carbocycles. The molecule has 0 bridgehead atoms. The first-order valence-corrected chi connectivity index (χ1v) is 9.26. The summed E-state index contributed by atoms with van der Waals surface area (Å²) in [4.78, 5) is 39.1. The van der Waals surface area contributed by atoms with Gasteiger partial charge in [-0.15, -0.1) is 0 Å². The van der Waals surface area contributed by atoms with Gasteiger partial charge in [-0.3, -0.25) is 19.1 Å². The number of likely N-dealkylation sites (tertiary alicyclic amines) is 1. The lowest BCUT2D eigenvalue weighted by molar-refractivity contribution is -0.145. The van der Waals surface area contributed by atoms with Gasteiger partial charge >= 0.3 is 5.97 Å². The minimum absolute atomic E-state index is 0.0692. The van der Waals surface area contributed by atoms with Crippen molar-refractivity contribution in [2.45, 2.75) is 19.4 Å². The van der Waals surface area contributed by atoms with E-state index < -0.39 is 11.9 Å². The highest BCUT2D eigenvalue weighted by molar-refractivity contribution is 5.96. The third kappa shape index (κ3) is 4.76. The second-order valence-electron chi connectivity index (χ2n) is 7.08. The van der Waals surface area contributed by atoms with Crippen LogP contribution in [0.4, 0.5) is 0 Å². The molecule has 3 rings (SSSR count). The van der Waals surface area contributed by atoms with Gasteiger partial charge in [-0.25, -0.2) is 0 Å². The Hall–Kier alpha value is -3.16. The van der Waals surface area contributed by atoms with Crippen LogP contribution in [-0.4, -0.2) is 69.2 Å². The van der Waals surface area contributed by atoms with Crippen molar-refractivity contribution < 1.29 is 19.5 Å². The summed E-state index contributed by atoms with van der Waals surface area (Å²) < 4.78 is 1.80. The number of nitrogens with zero attached hydrogens (tertiary/aromatic N) is 4. The number of carboxylic acid groups (broad SMARTS) is 1. The predicted octanol–water partition coefficient (Wildman–Crippen LogP) is 1.33. The molecule has 1 aromatic heterocycles. The molecule has 8 heteroatoms. The number of hydrogen-bond acceptors (Lipinski definition) is 4. The summed E-state index contributed by atoms with van der Waals surface area (Å²) >= 11 is 0. The zero-order chi connectivity index (χ0) is 20.1. The summed E-state index contributed by atoms with van der Waals surface area (Å²) in [6.07, 6.45) is 4.83. The van der Waals surface area contributed by atoms with Gasteiger partial charge in [0.2, 0.25) is 5.91 Å². The van der Waals surface area contributed by atoms with Crippen LogP contribution in [-0.2, 0) is 16.1 Å². The smallest absolute Gasteiger partial charge is 0.308 e. The van der Waals surface area contributed by atoms with Crippen LogP contribution < -0.4 is 0 Å². The van der Waals surface area contributed by atoms with Gasteiger partial charge in [-0.05, 0) is 36.6 Å². The van der Waals surface area contributed by atoms with Crippen LogP contribution in [0.5, 0.6) is 0 Å². The van der Waals surface area contributed by atoms with Gasteiger partial charge in [0.25, 0.3) is 5.91 Å². The molecule has 0 spiro atoms. The van der Waals surface area contributed by atoms with Crippen LogP contribution in [0.3, 0.4) is 0 Å². The van der Waals surface area contributed by atoms with Crippen LogP contribution in [0.15, 0.2) is 42.7 Å². The van der Waals surface area contributed by atoms with Crippen LogP contribution in [0.25, 0.3) is 0 Å². The van der Waals surface area contributed by atoms with Gasteiger partial charge in [0.1, 0.15) is 0 Å². The number of likely N-dealkylation sites (N-methyl/N-ethyl adjacent to an activating group) is 1. The Labute approximate surface area is 163 Å². The van der Waals surface area contributed by atoms with Crippen molar-refractivity contribution in [3.05, 3.63) is 53.9 Å². The molecule has 148 valence electrons. The van der Waals surface area contributed by atoms with Crippen molar-refractivity contribution in [3.63, 3.8) is 0 Å². The van der Waals surface area contributed by atoms with Gasteiger partial charge in [-0.2, -0.15) is 5.10 Å². The Morgan fingerprint density at radius 1 is 1.25 bits per heavy atom. The molecule has 8 nitrogen and oxygen atoms in total. The fraction of sp³-hybridized carbons (Fsp3) is 0.400. The maximum absolute atomic E-state index is 12.6. The maximum Gasteiger partial charge on any atom is 0.308 e. The third-order valence-corrected chi connectivity index (χ3v) is 4.95. The molecule has 1 unspecified atom stereocenters. The van der Waals surface area contributed by atoms with Gasteiger partial charge in [0.15, 0.2) is 0 Å². The molecule has 0 aliphatic carbocycles. The van der Waals surface area contributed by atoms with Gasteiger partial charge in [0, 0.05) is 38.1 Å². The first kappa shape index (κ1) is 19.6. The van der Waals surface area contributed by atoms with E-state index in [1.807, 2.05) is 24.4 Å². The molecule has 1 aliphatic heterocycles. The second kappa shape index (κ2) is 8.69. The lowest BCUT2D eigenvalue weighted by Gasteiger charge is -2.32. The summed E-state index contributed by atoms with van der Waals surface area (Å²) in [7, 11) is 1.58. The number of carbonyl (C=O) groups excluding carboxylic acids is 2. The first-order valence-electron chi connectivity index (χ1n) is 9.26. The maximum atomic E-state index is 12.6. The topological polar surface area (TPSA) is 95.7 Å². The number of carbonyl (C=O) groups is 3. The highest BCUT2D eigenvalue weighted by Crippen LogP contribution is 2.17. The van der Waals surface area contributed by atoms with E-state index in [0.29, 0.717) is 31.5 Å². The number of amides is 2. The summed E-state index contributed by atoms with van der Waals surface area (Å²) in [6, 6.07) is 9.07.